The third kappa shape index (κ3) is 3.37. The van der Waals surface area contributed by atoms with Crippen LogP contribution in [0.4, 0.5) is 5.69 Å². The van der Waals surface area contributed by atoms with Gasteiger partial charge in [0, 0.05) is 15.3 Å². The Balaban J connectivity index is 2.15. The summed E-state index contributed by atoms with van der Waals surface area (Å²) in [6, 6.07) is 11.9. The standard InChI is InChI=1S/C25H21N5OS/c1-14-17(22-28-24(25(3,4)5)29-30(22)23(31)18(14)13-26)12-19-20(16-10-8-7-9-11-16)21(27-6)15(2)32-19/h7-12H,1-5H3/p+1/b17-12-. The van der Waals surface area contributed by atoms with Crippen molar-refractivity contribution >= 4 is 28.7 Å². The number of nitrogens with one attached hydrogen (secondary N) is 1. The van der Waals surface area contributed by atoms with Crippen LogP contribution in [0.3, 0.4) is 0 Å². The zero-order chi connectivity index (χ0) is 23.2. The van der Waals surface area contributed by atoms with Gasteiger partial charge in [0.05, 0.1) is 22.3 Å². The van der Waals surface area contributed by atoms with E-state index in [0.717, 1.165) is 26.1 Å². The number of rotatable bonds is 2. The number of aromatic nitrogens is 3. The second kappa shape index (κ2) is 7.71. The maximum absolute atomic E-state index is 12.9. The molecule has 1 N–H and O–H groups in total. The monoisotopic (exact) mass is 440 g/mol. The van der Waals surface area contributed by atoms with Crippen LogP contribution in [0.2, 0.25) is 0 Å². The van der Waals surface area contributed by atoms with Crippen LogP contribution in [-0.4, -0.2) is 9.61 Å². The minimum absolute atomic E-state index is 0.0700. The van der Waals surface area contributed by atoms with E-state index in [-0.39, 0.29) is 11.0 Å². The molecule has 3 heterocycles. The molecule has 1 aromatic carbocycles. The van der Waals surface area contributed by atoms with Gasteiger partial charge in [-0.2, -0.15) is 16.6 Å². The van der Waals surface area contributed by atoms with Crippen LogP contribution in [0.5, 0.6) is 0 Å². The summed E-state index contributed by atoms with van der Waals surface area (Å²) in [4.78, 5) is 21.8. The van der Waals surface area contributed by atoms with Crippen molar-refractivity contribution in [2.24, 2.45) is 0 Å². The quantitative estimate of drug-likeness (QED) is 0.440. The number of hydrogen-bond donors (Lipinski definition) is 0. The highest BCUT2D eigenvalue weighted by atomic mass is 32.1. The molecule has 0 saturated heterocycles. The molecule has 0 saturated carbocycles. The van der Waals surface area contributed by atoms with Crippen molar-refractivity contribution < 1.29 is 4.98 Å². The predicted molar refractivity (Wildman–Crippen MR) is 126 cm³/mol. The van der Waals surface area contributed by atoms with Gasteiger partial charge < -0.3 is 0 Å². The van der Waals surface area contributed by atoms with Crippen molar-refractivity contribution in [1.29, 1.82) is 5.26 Å². The molecule has 4 aromatic rings. The highest BCUT2D eigenvalue weighted by molar-refractivity contribution is 7.14. The number of H-pyrrole nitrogens is 1. The number of nitrogens with zero attached hydrogens (tertiary/aromatic N) is 4. The molecule has 3 aromatic heterocycles. The third-order valence-electron chi connectivity index (χ3n) is 5.44. The van der Waals surface area contributed by atoms with Crippen LogP contribution in [0.1, 0.15) is 47.5 Å². The molecule has 0 amide bonds. The Morgan fingerprint density at radius 1 is 1.25 bits per heavy atom. The summed E-state index contributed by atoms with van der Waals surface area (Å²) < 4.78 is 1.29. The van der Waals surface area contributed by atoms with E-state index in [0.29, 0.717) is 22.7 Å². The Labute approximate surface area is 189 Å². The van der Waals surface area contributed by atoms with Gasteiger partial charge in [0.2, 0.25) is 5.69 Å². The van der Waals surface area contributed by atoms with Gasteiger partial charge in [-0.15, -0.1) is 0 Å². The number of hydrogen-bond acceptors (Lipinski definition) is 4. The first-order valence-electron chi connectivity index (χ1n) is 10.1. The first-order valence-corrected chi connectivity index (χ1v) is 11.0. The Morgan fingerprint density at radius 3 is 2.53 bits per heavy atom. The summed E-state index contributed by atoms with van der Waals surface area (Å²) in [6.07, 6.45) is 1.96. The van der Waals surface area contributed by atoms with Gasteiger partial charge in [-0.1, -0.05) is 30.3 Å². The lowest BCUT2D eigenvalue weighted by Gasteiger charge is -2.07. The predicted octanol–water partition coefficient (Wildman–Crippen LogP) is 4.12. The number of pyridine rings is 1. The van der Waals surface area contributed by atoms with Gasteiger partial charge in [0.15, 0.2) is 0 Å². The van der Waals surface area contributed by atoms with Gasteiger partial charge >= 0.3 is 5.56 Å². The van der Waals surface area contributed by atoms with E-state index in [1.165, 1.54) is 15.9 Å². The molecule has 7 heteroatoms. The molecule has 0 aliphatic heterocycles. The molecule has 0 aliphatic rings. The normalized spacial score (nSPS) is 12.2. The summed E-state index contributed by atoms with van der Waals surface area (Å²) >= 11 is 1.53. The smallest absolute Gasteiger partial charge is 0.246 e. The van der Waals surface area contributed by atoms with E-state index in [4.69, 9.17) is 6.57 Å². The molecular weight excluding hydrogens is 418 g/mol. The van der Waals surface area contributed by atoms with Crippen molar-refractivity contribution in [2.45, 2.75) is 40.0 Å². The lowest BCUT2D eigenvalue weighted by molar-refractivity contribution is -0.367. The second-order valence-corrected chi connectivity index (χ2v) is 9.94. The minimum Gasteiger partial charge on any atom is -0.246 e. The molecule has 32 heavy (non-hydrogen) atoms. The molecule has 0 fully saturated rings. The summed E-state index contributed by atoms with van der Waals surface area (Å²) in [6.45, 7) is 17.5. The number of nitriles is 1. The summed E-state index contributed by atoms with van der Waals surface area (Å²) in [7, 11) is 0. The highest BCUT2D eigenvalue weighted by Gasteiger charge is 2.29. The summed E-state index contributed by atoms with van der Waals surface area (Å²) in [5, 5.41) is 14.9. The SMILES string of the molecule is [C-]#[N+]c1c(C)sc(/C=c2/c(C)c(C#N)c(=O)n3nc(C(C)(C)C)[nH+]c23)c1-c1ccccc1. The van der Waals surface area contributed by atoms with Crippen LogP contribution in [0.25, 0.3) is 27.7 Å². The van der Waals surface area contributed by atoms with Gasteiger partial charge in [0.1, 0.15) is 11.6 Å². The Bertz CT molecular complexity index is 1560. The minimum atomic E-state index is -0.434. The molecule has 0 atom stereocenters. The average molecular weight is 441 g/mol. The highest BCUT2D eigenvalue weighted by Crippen LogP contribution is 2.42. The lowest BCUT2D eigenvalue weighted by atomic mass is 9.96. The third-order valence-corrected chi connectivity index (χ3v) is 6.48. The Kier molecular flexibility index (Phi) is 5.16. The van der Waals surface area contributed by atoms with Crippen LogP contribution in [-0.2, 0) is 5.41 Å². The molecule has 0 spiro atoms. The van der Waals surface area contributed by atoms with Gasteiger partial charge in [0.25, 0.3) is 11.5 Å². The molecule has 158 valence electrons. The van der Waals surface area contributed by atoms with Crippen molar-refractivity contribution in [3.63, 3.8) is 0 Å². The largest absolute Gasteiger partial charge is 0.361 e. The fourth-order valence-electron chi connectivity index (χ4n) is 3.70. The molecular formula is C25H22N5OS+. The first kappa shape index (κ1) is 21.4. The van der Waals surface area contributed by atoms with E-state index in [1.807, 2.05) is 64.1 Å². The topological polar surface area (TPSA) is 76.7 Å². The van der Waals surface area contributed by atoms with Crippen LogP contribution in [0.15, 0.2) is 35.1 Å². The Hall–Kier alpha value is -3.81. The van der Waals surface area contributed by atoms with Crippen molar-refractivity contribution in [2.75, 3.05) is 0 Å². The lowest BCUT2D eigenvalue weighted by Crippen LogP contribution is -2.30. The van der Waals surface area contributed by atoms with E-state index in [9.17, 15) is 10.1 Å². The first-order chi connectivity index (χ1) is 15.2. The van der Waals surface area contributed by atoms with Crippen LogP contribution >= 0.6 is 11.3 Å². The van der Waals surface area contributed by atoms with Crippen molar-refractivity contribution in [1.82, 2.24) is 9.61 Å². The maximum Gasteiger partial charge on any atom is 0.361 e. The zero-order valence-electron chi connectivity index (χ0n) is 18.6. The number of benzene rings is 1. The van der Waals surface area contributed by atoms with Gasteiger partial charge in [-0.25, -0.2) is 14.6 Å². The van der Waals surface area contributed by atoms with Crippen molar-refractivity contribution in [3.05, 3.63) is 84.0 Å². The molecule has 0 aliphatic carbocycles. The second-order valence-electron chi connectivity index (χ2n) is 8.68. The number of aromatic amines is 1. The molecule has 0 radical (unpaired) electrons. The van der Waals surface area contributed by atoms with E-state index in [1.54, 1.807) is 6.92 Å². The van der Waals surface area contributed by atoms with Crippen LogP contribution < -0.4 is 15.8 Å². The fraction of sp³-hybridized carbons (Fsp3) is 0.240. The molecule has 6 nitrogen and oxygen atoms in total. The maximum atomic E-state index is 12.9. The van der Waals surface area contributed by atoms with Crippen LogP contribution in [0, 0.1) is 31.8 Å². The van der Waals surface area contributed by atoms with E-state index in [2.05, 4.69) is 21.0 Å². The average Bonchev–Trinajstić information content (AvgIpc) is 3.33. The molecule has 0 unspecified atom stereocenters. The van der Waals surface area contributed by atoms with E-state index < -0.39 is 5.56 Å². The summed E-state index contributed by atoms with van der Waals surface area (Å²) in [5.74, 6) is 0.659. The number of thiophene rings is 1. The molecule has 4 rings (SSSR count). The number of aryl methyl sites for hydroxylation is 1. The molecule has 0 bridgehead atoms. The summed E-state index contributed by atoms with van der Waals surface area (Å²) in [5.41, 5.74) is 2.91. The number of fused-ring (bicyclic) bond motifs is 1. The van der Waals surface area contributed by atoms with Crippen molar-refractivity contribution in [3.8, 4) is 17.2 Å². The van der Waals surface area contributed by atoms with E-state index >= 15 is 0 Å². The van der Waals surface area contributed by atoms with Gasteiger partial charge in [-0.3, -0.25) is 0 Å². The fourth-order valence-corrected chi connectivity index (χ4v) is 4.77. The Morgan fingerprint density at radius 2 is 1.94 bits per heavy atom. The van der Waals surface area contributed by atoms with Gasteiger partial charge in [-0.05, 0) is 56.3 Å². The zero-order valence-corrected chi connectivity index (χ0v) is 19.4.